The summed E-state index contributed by atoms with van der Waals surface area (Å²) < 4.78 is 34.3. The van der Waals surface area contributed by atoms with Crippen LogP contribution >= 0.6 is 11.3 Å². The van der Waals surface area contributed by atoms with Crippen molar-refractivity contribution in [1.82, 2.24) is 14.8 Å². The van der Waals surface area contributed by atoms with Crippen molar-refractivity contribution in [2.45, 2.75) is 18.7 Å². The van der Waals surface area contributed by atoms with Crippen molar-refractivity contribution in [3.05, 3.63) is 34.6 Å². The molecular formula is C15H16N4O4S2. The zero-order valence-corrected chi connectivity index (χ0v) is 15.7. The average Bonchev–Trinajstić information content (AvgIpc) is 3.07. The number of nitrogens with one attached hydrogen (secondary N) is 1. The number of thiophene rings is 1. The second kappa shape index (κ2) is 6.12. The highest BCUT2D eigenvalue weighted by atomic mass is 32.2. The van der Waals surface area contributed by atoms with Crippen molar-refractivity contribution in [1.29, 1.82) is 0 Å². The molecule has 0 aliphatic heterocycles. The molecule has 3 rings (SSSR count). The molecule has 3 heterocycles. The molecule has 0 radical (unpaired) electrons. The molecule has 0 spiro atoms. The van der Waals surface area contributed by atoms with E-state index in [-0.39, 0.29) is 15.5 Å². The van der Waals surface area contributed by atoms with E-state index < -0.39 is 16.0 Å². The molecule has 0 saturated carbocycles. The van der Waals surface area contributed by atoms with E-state index in [0.29, 0.717) is 15.9 Å². The van der Waals surface area contributed by atoms with Crippen molar-refractivity contribution in [2.75, 3.05) is 11.8 Å². The fourth-order valence-electron chi connectivity index (χ4n) is 2.34. The van der Waals surface area contributed by atoms with Gasteiger partial charge in [0.05, 0.1) is 24.7 Å². The molecule has 0 unspecified atom stereocenters. The molecule has 10 heteroatoms. The van der Waals surface area contributed by atoms with E-state index in [2.05, 4.69) is 14.8 Å². The molecule has 0 aromatic carbocycles. The molecule has 0 bridgehead atoms. The van der Waals surface area contributed by atoms with E-state index in [1.54, 1.807) is 26.1 Å². The number of nitrogens with zero attached hydrogens (tertiary/aromatic N) is 3. The van der Waals surface area contributed by atoms with Crippen LogP contribution in [0.1, 0.15) is 21.1 Å². The minimum absolute atomic E-state index is 0.0465. The first kappa shape index (κ1) is 17.4. The minimum atomic E-state index is -3.92. The topological polar surface area (TPSA) is 103 Å². The van der Waals surface area contributed by atoms with Gasteiger partial charge in [-0.2, -0.15) is 5.10 Å². The van der Waals surface area contributed by atoms with Crippen molar-refractivity contribution >= 4 is 43.2 Å². The lowest BCUT2D eigenvalue weighted by Gasteiger charge is -2.08. The molecule has 132 valence electrons. The Bertz CT molecular complexity index is 1080. The van der Waals surface area contributed by atoms with Crippen LogP contribution in [0.5, 0.6) is 0 Å². The Morgan fingerprint density at radius 3 is 2.64 bits per heavy atom. The number of fused-ring (bicyclic) bond motifs is 1. The third kappa shape index (κ3) is 2.98. The number of esters is 1. The van der Waals surface area contributed by atoms with E-state index in [1.807, 2.05) is 6.92 Å². The number of methoxy groups -OCH3 is 1. The molecule has 0 saturated heterocycles. The number of sulfonamides is 1. The van der Waals surface area contributed by atoms with Gasteiger partial charge in [0, 0.05) is 18.1 Å². The molecular weight excluding hydrogens is 364 g/mol. The standard InChI is InChI=1S/C15H16N4O4S2/c1-8-5-6-10-12(13(15(20)23-4)24-14(10)17-8)18-25(21,22)11-7-16-19(3)9(11)2/h5-7,18H,1-4H3. The van der Waals surface area contributed by atoms with Crippen LogP contribution in [0, 0.1) is 13.8 Å². The van der Waals surface area contributed by atoms with Crippen molar-refractivity contribution in [2.24, 2.45) is 7.05 Å². The number of ether oxygens (including phenoxy) is 1. The first-order chi connectivity index (χ1) is 11.7. The summed E-state index contributed by atoms with van der Waals surface area (Å²) in [6.45, 7) is 3.47. The van der Waals surface area contributed by atoms with Crippen LogP contribution in [0.25, 0.3) is 10.2 Å². The highest BCUT2D eigenvalue weighted by Crippen LogP contribution is 2.37. The molecule has 25 heavy (non-hydrogen) atoms. The summed E-state index contributed by atoms with van der Waals surface area (Å²) in [5.41, 5.74) is 1.42. The Hall–Kier alpha value is -2.46. The maximum absolute atomic E-state index is 12.8. The van der Waals surface area contributed by atoms with E-state index in [9.17, 15) is 13.2 Å². The van der Waals surface area contributed by atoms with E-state index >= 15 is 0 Å². The number of pyridine rings is 1. The second-order valence-electron chi connectivity index (χ2n) is 5.43. The number of hydrogen-bond donors (Lipinski definition) is 1. The molecule has 0 aliphatic carbocycles. The summed E-state index contributed by atoms with van der Waals surface area (Å²) >= 11 is 1.08. The summed E-state index contributed by atoms with van der Waals surface area (Å²) in [5, 5.41) is 4.50. The Morgan fingerprint density at radius 1 is 1.32 bits per heavy atom. The van der Waals surface area contributed by atoms with Gasteiger partial charge in [0.2, 0.25) is 0 Å². The van der Waals surface area contributed by atoms with Crippen molar-refractivity contribution in [3.8, 4) is 0 Å². The van der Waals surface area contributed by atoms with Gasteiger partial charge in [-0.3, -0.25) is 9.40 Å². The summed E-state index contributed by atoms with van der Waals surface area (Å²) in [6.07, 6.45) is 1.27. The summed E-state index contributed by atoms with van der Waals surface area (Å²) in [4.78, 5) is 17.2. The van der Waals surface area contributed by atoms with E-state index in [1.165, 1.54) is 18.0 Å². The largest absolute Gasteiger partial charge is 0.465 e. The highest BCUT2D eigenvalue weighted by molar-refractivity contribution is 7.92. The van der Waals surface area contributed by atoms with Crippen LogP contribution in [0.4, 0.5) is 5.69 Å². The van der Waals surface area contributed by atoms with Gasteiger partial charge in [-0.15, -0.1) is 11.3 Å². The van der Waals surface area contributed by atoms with Crippen LogP contribution in [0.3, 0.4) is 0 Å². The fraction of sp³-hybridized carbons (Fsp3) is 0.267. The average molecular weight is 380 g/mol. The Morgan fingerprint density at radius 2 is 2.04 bits per heavy atom. The molecule has 0 fully saturated rings. The monoisotopic (exact) mass is 380 g/mol. The molecule has 8 nitrogen and oxygen atoms in total. The maximum atomic E-state index is 12.8. The number of rotatable bonds is 4. The molecule has 0 aliphatic rings. The number of carbonyl (C=O) groups excluding carboxylic acids is 1. The lowest BCUT2D eigenvalue weighted by Crippen LogP contribution is -2.15. The maximum Gasteiger partial charge on any atom is 0.350 e. The summed E-state index contributed by atoms with van der Waals surface area (Å²) in [7, 11) is -1.02. The zero-order chi connectivity index (χ0) is 18.4. The van der Waals surface area contributed by atoms with Crippen molar-refractivity contribution < 1.29 is 17.9 Å². The fourth-order valence-corrected chi connectivity index (χ4v) is 4.80. The number of anilines is 1. The third-order valence-corrected chi connectivity index (χ3v) is 6.31. The lowest BCUT2D eigenvalue weighted by molar-refractivity contribution is 0.0607. The number of aryl methyl sites for hydroxylation is 2. The summed E-state index contributed by atoms with van der Waals surface area (Å²) in [6, 6.07) is 3.48. The normalized spacial score (nSPS) is 11.7. The van der Waals surface area contributed by atoms with Gasteiger partial charge >= 0.3 is 5.97 Å². The third-order valence-electron chi connectivity index (χ3n) is 3.78. The number of hydrogen-bond acceptors (Lipinski definition) is 7. The van der Waals surface area contributed by atoms with E-state index in [4.69, 9.17) is 4.74 Å². The molecule has 1 N–H and O–H groups in total. The first-order valence-corrected chi connectivity index (χ1v) is 9.54. The van der Waals surface area contributed by atoms with Crippen LogP contribution in [-0.2, 0) is 21.8 Å². The van der Waals surface area contributed by atoms with Gasteiger partial charge in [-0.25, -0.2) is 18.2 Å². The van der Waals surface area contributed by atoms with Crippen LogP contribution in [0.15, 0.2) is 23.2 Å². The number of carbonyl (C=O) groups is 1. The molecule has 3 aromatic rings. The quantitative estimate of drug-likeness (QED) is 0.696. The van der Waals surface area contributed by atoms with Gasteiger partial charge in [0.15, 0.2) is 0 Å². The SMILES string of the molecule is COC(=O)c1sc2nc(C)ccc2c1NS(=O)(=O)c1cnn(C)c1C. The van der Waals surface area contributed by atoms with Gasteiger partial charge in [0.1, 0.15) is 14.6 Å². The second-order valence-corrected chi connectivity index (χ2v) is 8.08. The van der Waals surface area contributed by atoms with Gasteiger partial charge in [0.25, 0.3) is 10.0 Å². The van der Waals surface area contributed by atoms with Crippen LogP contribution in [-0.4, -0.2) is 36.3 Å². The van der Waals surface area contributed by atoms with Gasteiger partial charge in [-0.1, -0.05) is 0 Å². The Labute approximate surface area is 148 Å². The highest BCUT2D eigenvalue weighted by Gasteiger charge is 2.27. The molecule has 0 amide bonds. The summed E-state index contributed by atoms with van der Waals surface area (Å²) in [5.74, 6) is -0.624. The van der Waals surface area contributed by atoms with Crippen LogP contribution < -0.4 is 4.72 Å². The predicted octanol–water partition coefficient (Wildman–Crippen LogP) is 2.23. The lowest BCUT2D eigenvalue weighted by atomic mass is 10.2. The van der Waals surface area contributed by atoms with Gasteiger partial charge < -0.3 is 4.74 Å². The molecule has 3 aromatic heterocycles. The van der Waals surface area contributed by atoms with Crippen molar-refractivity contribution in [3.63, 3.8) is 0 Å². The number of aromatic nitrogens is 3. The Kier molecular flexibility index (Phi) is 4.25. The Balaban J connectivity index is 2.17. The van der Waals surface area contributed by atoms with E-state index in [0.717, 1.165) is 17.0 Å². The van der Waals surface area contributed by atoms with Crippen LogP contribution in [0.2, 0.25) is 0 Å². The minimum Gasteiger partial charge on any atom is -0.465 e. The first-order valence-electron chi connectivity index (χ1n) is 7.24. The van der Waals surface area contributed by atoms with Gasteiger partial charge in [-0.05, 0) is 26.0 Å². The zero-order valence-electron chi connectivity index (χ0n) is 14.0. The molecule has 0 atom stereocenters. The smallest absolute Gasteiger partial charge is 0.350 e. The predicted molar refractivity (Wildman–Crippen MR) is 94.5 cm³/mol.